The number of hydrogen-bond donors (Lipinski definition) is 2. The number of thiophene rings is 1. The highest BCUT2D eigenvalue weighted by Gasteiger charge is 2.12. The molecule has 5 nitrogen and oxygen atoms in total. The molecule has 0 spiro atoms. The fourth-order valence-corrected chi connectivity index (χ4v) is 2.74. The van der Waals surface area contributed by atoms with Crippen LogP contribution in [0, 0.1) is 0 Å². The highest BCUT2D eigenvalue weighted by molar-refractivity contribution is 7.80. The van der Waals surface area contributed by atoms with Crippen molar-refractivity contribution in [1.82, 2.24) is 10.7 Å². The Labute approximate surface area is 137 Å². The number of nitrogens with zero attached hydrogens (tertiary/aromatic N) is 1. The van der Waals surface area contributed by atoms with E-state index in [1.165, 1.54) is 0 Å². The molecule has 0 amide bonds. The lowest BCUT2D eigenvalue weighted by molar-refractivity contribution is 0.174. The molecule has 1 aromatic heterocycles. The van der Waals surface area contributed by atoms with Crippen LogP contribution in [0.15, 0.2) is 40.8 Å². The summed E-state index contributed by atoms with van der Waals surface area (Å²) in [6.45, 7) is 2.82. The molecule has 0 bridgehead atoms. The summed E-state index contributed by atoms with van der Waals surface area (Å²) in [5.41, 5.74) is 4.82. The van der Waals surface area contributed by atoms with Crippen LogP contribution in [-0.2, 0) is 6.54 Å². The van der Waals surface area contributed by atoms with Gasteiger partial charge in [0.1, 0.15) is 0 Å². The smallest absolute Gasteiger partial charge is 0.231 e. The molecule has 0 radical (unpaired) electrons. The zero-order valence-electron chi connectivity index (χ0n) is 12.0. The first-order valence-electron chi connectivity index (χ1n) is 6.73. The van der Waals surface area contributed by atoms with Crippen LogP contribution < -0.4 is 20.2 Å². The summed E-state index contributed by atoms with van der Waals surface area (Å²) >= 11 is 6.86. The van der Waals surface area contributed by atoms with Crippen LogP contribution in [0.4, 0.5) is 0 Å². The van der Waals surface area contributed by atoms with Crippen LogP contribution in [0.2, 0.25) is 0 Å². The van der Waals surface area contributed by atoms with Crippen LogP contribution >= 0.6 is 23.6 Å². The Morgan fingerprint density at radius 3 is 3.00 bits per heavy atom. The molecule has 0 atom stereocenters. The van der Waals surface area contributed by atoms with E-state index in [2.05, 4.69) is 15.8 Å². The fraction of sp³-hybridized carbons (Fsp3) is 0.200. The zero-order valence-corrected chi connectivity index (χ0v) is 13.6. The van der Waals surface area contributed by atoms with Gasteiger partial charge in [0.15, 0.2) is 16.6 Å². The van der Waals surface area contributed by atoms with Gasteiger partial charge in [-0.1, -0.05) is 12.1 Å². The number of hydrogen-bond acceptors (Lipinski definition) is 5. The number of thiocarbonyl (C=S) groups is 1. The van der Waals surface area contributed by atoms with Crippen molar-refractivity contribution < 1.29 is 9.47 Å². The van der Waals surface area contributed by atoms with E-state index in [1.54, 1.807) is 11.3 Å². The Morgan fingerprint density at radius 2 is 2.18 bits per heavy atom. The summed E-state index contributed by atoms with van der Waals surface area (Å²) < 4.78 is 10.6. The number of fused-ring (bicyclic) bond motifs is 1. The molecular formula is C15H15N3O2S2. The molecule has 1 aliphatic heterocycles. The van der Waals surface area contributed by atoms with Crippen molar-refractivity contribution in [1.29, 1.82) is 0 Å². The maximum absolute atomic E-state index is 5.35. The van der Waals surface area contributed by atoms with Gasteiger partial charge in [-0.2, -0.15) is 5.10 Å². The summed E-state index contributed by atoms with van der Waals surface area (Å²) in [5, 5.41) is 9.87. The Hall–Kier alpha value is -2.12. The van der Waals surface area contributed by atoms with Gasteiger partial charge in [0.05, 0.1) is 5.71 Å². The highest BCUT2D eigenvalue weighted by atomic mass is 32.1. The molecule has 0 saturated carbocycles. The van der Waals surface area contributed by atoms with Crippen molar-refractivity contribution >= 4 is 34.4 Å². The largest absolute Gasteiger partial charge is 0.454 e. The molecule has 1 aliphatic rings. The van der Waals surface area contributed by atoms with Crippen LogP contribution in [0.5, 0.6) is 11.5 Å². The van der Waals surface area contributed by atoms with E-state index in [1.807, 2.05) is 42.6 Å². The summed E-state index contributed by atoms with van der Waals surface area (Å²) in [7, 11) is 0. The van der Waals surface area contributed by atoms with E-state index in [4.69, 9.17) is 21.7 Å². The van der Waals surface area contributed by atoms with Crippen molar-refractivity contribution in [3.8, 4) is 11.5 Å². The third-order valence-corrected chi connectivity index (χ3v) is 4.31. The normalized spacial score (nSPS) is 13.0. The fourth-order valence-electron chi connectivity index (χ4n) is 1.95. The minimum absolute atomic E-state index is 0.281. The van der Waals surface area contributed by atoms with Crippen LogP contribution in [0.3, 0.4) is 0 Å². The van der Waals surface area contributed by atoms with Gasteiger partial charge >= 0.3 is 0 Å². The van der Waals surface area contributed by atoms with Crippen molar-refractivity contribution in [3.05, 3.63) is 46.2 Å². The van der Waals surface area contributed by atoms with Crippen molar-refractivity contribution in [2.45, 2.75) is 13.5 Å². The Balaban J connectivity index is 1.51. The lowest BCUT2D eigenvalue weighted by atomic mass is 10.2. The van der Waals surface area contributed by atoms with Gasteiger partial charge in [-0.25, -0.2) is 0 Å². The van der Waals surface area contributed by atoms with Crippen LogP contribution in [0.25, 0.3) is 0 Å². The summed E-state index contributed by atoms with van der Waals surface area (Å²) in [6, 6.07) is 9.83. The molecule has 0 saturated heterocycles. The zero-order chi connectivity index (χ0) is 15.4. The number of nitrogens with one attached hydrogen (secondary N) is 2. The van der Waals surface area contributed by atoms with Gasteiger partial charge in [0.2, 0.25) is 6.79 Å². The molecule has 0 fully saturated rings. The molecule has 114 valence electrons. The SMILES string of the molecule is C/C(=N/NC(=S)NCc1ccc2c(c1)OCO2)c1cccs1. The standard InChI is InChI=1S/C15H15N3O2S2/c1-10(14-3-2-6-22-14)17-18-15(21)16-8-11-4-5-12-13(7-11)20-9-19-12/h2-7H,8-9H2,1H3,(H2,16,18,21)/b17-10-. The number of hydrazone groups is 1. The Morgan fingerprint density at radius 1 is 1.32 bits per heavy atom. The lowest BCUT2D eigenvalue weighted by Crippen LogP contribution is -2.32. The number of ether oxygens (including phenoxy) is 2. The Kier molecular flexibility index (Phi) is 4.55. The summed E-state index contributed by atoms with van der Waals surface area (Å²) in [6.07, 6.45) is 0. The van der Waals surface area contributed by atoms with E-state index < -0.39 is 0 Å². The van der Waals surface area contributed by atoms with Crippen molar-refractivity contribution in [3.63, 3.8) is 0 Å². The van der Waals surface area contributed by atoms with E-state index in [0.717, 1.165) is 27.7 Å². The lowest BCUT2D eigenvalue weighted by Gasteiger charge is -2.08. The third-order valence-electron chi connectivity index (χ3n) is 3.09. The first-order chi connectivity index (χ1) is 10.7. The first kappa shape index (κ1) is 14.8. The molecular weight excluding hydrogens is 318 g/mol. The predicted molar refractivity (Wildman–Crippen MR) is 91.7 cm³/mol. The molecule has 22 heavy (non-hydrogen) atoms. The second-order valence-electron chi connectivity index (χ2n) is 4.66. The quantitative estimate of drug-likeness (QED) is 0.512. The van der Waals surface area contributed by atoms with E-state index in [0.29, 0.717) is 11.7 Å². The van der Waals surface area contributed by atoms with Crippen LogP contribution in [0.1, 0.15) is 17.4 Å². The van der Waals surface area contributed by atoms with Gasteiger partial charge in [-0.05, 0) is 48.3 Å². The van der Waals surface area contributed by atoms with Crippen molar-refractivity contribution in [2.75, 3.05) is 6.79 Å². The minimum atomic E-state index is 0.281. The van der Waals surface area contributed by atoms with E-state index in [9.17, 15) is 0 Å². The van der Waals surface area contributed by atoms with Gasteiger partial charge in [-0.3, -0.25) is 5.43 Å². The van der Waals surface area contributed by atoms with Crippen LogP contribution in [-0.4, -0.2) is 17.6 Å². The van der Waals surface area contributed by atoms with Gasteiger partial charge in [-0.15, -0.1) is 11.3 Å². The Bertz CT molecular complexity index is 699. The second kappa shape index (κ2) is 6.76. The average Bonchev–Trinajstić information content (AvgIpc) is 3.20. The molecule has 0 aliphatic carbocycles. The minimum Gasteiger partial charge on any atom is -0.454 e. The van der Waals surface area contributed by atoms with Gasteiger partial charge in [0.25, 0.3) is 0 Å². The van der Waals surface area contributed by atoms with Gasteiger partial charge in [0, 0.05) is 11.4 Å². The predicted octanol–water partition coefficient (Wildman–Crippen LogP) is 2.87. The molecule has 2 heterocycles. The second-order valence-corrected chi connectivity index (χ2v) is 6.01. The maximum Gasteiger partial charge on any atom is 0.231 e. The van der Waals surface area contributed by atoms with Crippen molar-refractivity contribution in [2.24, 2.45) is 5.10 Å². The maximum atomic E-state index is 5.35. The summed E-state index contributed by atoms with van der Waals surface area (Å²) in [4.78, 5) is 1.12. The highest BCUT2D eigenvalue weighted by Crippen LogP contribution is 2.32. The number of benzene rings is 1. The number of rotatable bonds is 4. The topological polar surface area (TPSA) is 54.9 Å². The molecule has 1 aromatic carbocycles. The molecule has 3 rings (SSSR count). The molecule has 7 heteroatoms. The van der Waals surface area contributed by atoms with E-state index in [-0.39, 0.29) is 6.79 Å². The third kappa shape index (κ3) is 3.55. The molecule has 2 aromatic rings. The molecule has 0 unspecified atom stereocenters. The first-order valence-corrected chi connectivity index (χ1v) is 8.02. The molecule has 2 N–H and O–H groups in total. The van der Waals surface area contributed by atoms with Gasteiger partial charge < -0.3 is 14.8 Å². The van der Waals surface area contributed by atoms with E-state index >= 15 is 0 Å². The summed E-state index contributed by atoms with van der Waals surface area (Å²) in [5.74, 6) is 1.55. The average molecular weight is 333 g/mol. The monoisotopic (exact) mass is 333 g/mol.